The van der Waals surface area contributed by atoms with Crippen LogP contribution in [0.1, 0.15) is 25.3 Å². The summed E-state index contributed by atoms with van der Waals surface area (Å²) in [5.41, 5.74) is -0.408. The highest BCUT2D eigenvalue weighted by Gasteiger charge is 2.25. The molecule has 0 atom stereocenters. The molecule has 0 aliphatic rings. The molecular weight excluding hydrogens is 217 g/mol. The molecule has 0 bridgehead atoms. The van der Waals surface area contributed by atoms with Crippen LogP contribution in [0.15, 0.2) is 0 Å². The van der Waals surface area contributed by atoms with Crippen molar-refractivity contribution < 1.29 is 18.3 Å². The van der Waals surface area contributed by atoms with E-state index in [0.717, 1.165) is 0 Å². The molecule has 0 aliphatic carbocycles. The molecule has 0 saturated heterocycles. The number of aromatic hydroxyl groups is 1. The molecule has 0 unspecified atom stereocenters. The van der Waals surface area contributed by atoms with Crippen LogP contribution in [0, 0.1) is 17.5 Å². The zero-order chi connectivity index (χ0) is 11.0. The molecule has 0 aromatic heterocycles. The number of phenolic OH excluding ortho intramolecular Hbond substituents is 1. The van der Waals surface area contributed by atoms with Crippen LogP contribution in [0.5, 0.6) is 5.75 Å². The summed E-state index contributed by atoms with van der Waals surface area (Å²) >= 11 is 5.23. The van der Waals surface area contributed by atoms with E-state index >= 15 is 0 Å². The molecule has 0 heterocycles. The minimum absolute atomic E-state index is 0.408. The predicted molar refractivity (Wildman–Crippen MR) is 47.1 cm³/mol. The summed E-state index contributed by atoms with van der Waals surface area (Å²) in [4.78, 5) is 0. The molecule has 5 heteroatoms. The van der Waals surface area contributed by atoms with Crippen LogP contribution in [0.25, 0.3) is 0 Å². The van der Waals surface area contributed by atoms with Gasteiger partial charge in [0.15, 0.2) is 23.2 Å². The molecule has 0 aliphatic heterocycles. The van der Waals surface area contributed by atoms with Crippen LogP contribution >= 0.6 is 11.6 Å². The van der Waals surface area contributed by atoms with E-state index in [4.69, 9.17) is 16.7 Å². The van der Waals surface area contributed by atoms with E-state index in [2.05, 4.69) is 0 Å². The number of phenols is 1. The molecule has 1 rings (SSSR count). The van der Waals surface area contributed by atoms with Crippen molar-refractivity contribution in [3.8, 4) is 5.75 Å². The second-order valence-electron chi connectivity index (χ2n) is 3.17. The molecular formula is C9H8ClF3O. The van der Waals surface area contributed by atoms with E-state index in [-0.39, 0.29) is 0 Å². The SMILES string of the molecule is CC(C)c1c(F)c(O)c(F)c(Cl)c1F. The molecule has 0 radical (unpaired) electrons. The van der Waals surface area contributed by atoms with Gasteiger partial charge in [0, 0.05) is 5.56 Å². The van der Waals surface area contributed by atoms with Gasteiger partial charge >= 0.3 is 0 Å². The van der Waals surface area contributed by atoms with E-state index in [0.29, 0.717) is 0 Å². The summed E-state index contributed by atoms with van der Waals surface area (Å²) in [7, 11) is 0. The summed E-state index contributed by atoms with van der Waals surface area (Å²) in [6, 6.07) is 0. The third-order valence-electron chi connectivity index (χ3n) is 1.85. The molecule has 0 saturated carbocycles. The predicted octanol–water partition coefficient (Wildman–Crippen LogP) is 3.59. The van der Waals surface area contributed by atoms with Crippen molar-refractivity contribution in [2.75, 3.05) is 0 Å². The van der Waals surface area contributed by atoms with Crippen molar-refractivity contribution >= 4 is 11.6 Å². The van der Waals surface area contributed by atoms with E-state index in [1.807, 2.05) is 0 Å². The standard InChI is InChI=1S/C9H8ClF3O/c1-3(2)4-6(11)5(10)8(13)9(14)7(4)12/h3,14H,1-2H3. The molecule has 1 N–H and O–H groups in total. The van der Waals surface area contributed by atoms with E-state index in [1.165, 1.54) is 13.8 Å². The van der Waals surface area contributed by atoms with Gasteiger partial charge in [-0.2, -0.15) is 0 Å². The van der Waals surface area contributed by atoms with Crippen molar-refractivity contribution in [1.82, 2.24) is 0 Å². The molecule has 1 nitrogen and oxygen atoms in total. The summed E-state index contributed by atoms with van der Waals surface area (Å²) in [5, 5.41) is 8.06. The van der Waals surface area contributed by atoms with Crippen LogP contribution in [-0.2, 0) is 0 Å². The highest BCUT2D eigenvalue weighted by molar-refractivity contribution is 6.31. The number of benzene rings is 1. The van der Waals surface area contributed by atoms with Crippen molar-refractivity contribution in [3.63, 3.8) is 0 Å². The second kappa shape index (κ2) is 3.69. The average Bonchev–Trinajstić information content (AvgIpc) is 2.11. The third-order valence-corrected chi connectivity index (χ3v) is 2.18. The lowest BCUT2D eigenvalue weighted by molar-refractivity contribution is 0.383. The number of rotatable bonds is 1. The highest BCUT2D eigenvalue weighted by atomic mass is 35.5. The lowest BCUT2D eigenvalue weighted by Crippen LogP contribution is -2.02. The maximum Gasteiger partial charge on any atom is 0.189 e. The number of hydrogen-bond donors (Lipinski definition) is 1. The molecule has 14 heavy (non-hydrogen) atoms. The Labute approximate surface area is 84.1 Å². The monoisotopic (exact) mass is 224 g/mol. The Kier molecular flexibility index (Phi) is 2.95. The lowest BCUT2D eigenvalue weighted by atomic mass is 10.0. The van der Waals surface area contributed by atoms with Crippen LogP contribution in [0.2, 0.25) is 5.02 Å². The Morgan fingerprint density at radius 3 is 2.00 bits per heavy atom. The Balaban J connectivity index is 3.60. The topological polar surface area (TPSA) is 20.2 Å². The van der Waals surface area contributed by atoms with Crippen LogP contribution in [-0.4, -0.2) is 5.11 Å². The van der Waals surface area contributed by atoms with Gasteiger partial charge in [0.2, 0.25) is 0 Å². The first-order chi connectivity index (χ1) is 6.37. The fourth-order valence-electron chi connectivity index (χ4n) is 1.15. The molecule has 78 valence electrons. The van der Waals surface area contributed by atoms with Gasteiger partial charge < -0.3 is 5.11 Å². The second-order valence-corrected chi connectivity index (χ2v) is 3.55. The smallest absolute Gasteiger partial charge is 0.189 e. The van der Waals surface area contributed by atoms with Crippen LogP contribution in [0.3, 0.4) is 0 Å². The Bertz CT molecular complexity index is 348. The van der Waals surface area contributed by atoms with Crippen molar-refractivity contribution in [2.45, 2.75) is 19.8 Å². The Hall–Kier alpha value is -0.900. The van der Waals surface area contributed by atoms with Gasteiger partial charge in [-0.1, -0.05) is 25.4 Å². The van der Waals surface area contributed by atoms with E-state index in [9.17, 15) is 13.2 Å². The number of halogens is 4. The molecule has 1 aromatic carbocycles. The van der Waals surface area contributed by atoms with Gasteiger partial charge in [0.25, 0.3) is 0 Å². The van der Waals surface area contributed by atoms with Crippen molar-refractivity contribution in [3.05, 3.63) is 28.0 Å². The fourth-order valence-corrected chi connectivity index (χ4v) is 1.34. The summed E-state index contributed by atoms with van der Waals surface area (Å²) in [6.07, 6.45) is 0. The van der Waals surface area contributed by atoms with Gasteiger partial charge in [-0.25, -0.2) is 13.2 Å². The van der Waals surface area contributed by atoms with Gasteiger partial charge in [-0.15, -0.1) is 0 Å². The molecule has 1 aromatic rings. The first-order valence-electron chi connectivity index (χ1n) is 3.92. The van der Waals surface area contributed by atoms with Crippen molar-refractivity contribution in [1.29, 1.82) is 0 Å². The Morgan fingerprint density at radius 2 is 1.57 bits per heavy atom. The summed E-state index contributed by atoms with van der Waals surface area (Å²) in [5.74, 6) is -5.68. The largest absolute Gasteiger partial charge is 0.503 e. The summed E-state index contributed by atoms with van der Waals surface area (Å²) in [6.45, 7) is 3.02. The van der Waals surface area contributed by atoms with Crippen LogP contribution < -0.4 is 0 Å². The number of hydrogen-bond acceptors (Lipinski definition) is 1. The zero-order valence-electron chi connectivity index (χ0n) is 7.54. The molecule has 0 amide bonds. The molecule has 0 fully saturated rings. The average molecular weight is 225 g/mol. The Morgan fingerprint density at radius 1 is 1.07 bits per heavy atom. The highest BCUT2D eigenvalue weighted by Crippen LogP contribution is 2.36. The molecule has 0 spiro atoms. The minimum Gasteiger partial charge on any atom is -0.503 e. The first kappa shape index (κ1) is 11.2. The van der Waals surface area contributed by atoms with E-state index < -0.39 is 39.7 Å². The third kappa shape index (κ3) is 1.54. The maximum atomic E-state index is 13.2. The normalized spacial score (nSPS) is 11.1. The van der Waals surface area contributed by atoms with Gasteiger partial charge in [-0.3, -0.25) is 0 Å². The first-order valence-corrected chi connectivity index (χ1v) is 4.30. The maximum absolute atomic E-state index is 13.2. The lowest BCUT2D eigenvalue weighted by Gasteiger charge is -2.11. The van der Waals surface area contributed by atoms with Gasteiger partial charge in [0.1, 0.15) is 5.02 Å². The summed E-state index contributed by atoms with van der Waals surface area (Å²) < 4.78 is 39.2. The zero-order valence-corrected chi connectivity index (χ0v) is 8.29. The van der Waals surface area contributed by atoms with Gasteiger partial charge in [0.05, 0.1) is 0 Å². The quantitative estimate of drug-likeness (QED) is 0.571. The van der Waals surface area contributed by atoms with Crippen molar-refractivity contribution in [2.24, 2.45) is 0 Å². The minimum atomic E-state index is -1.47. The van der Waals surface area contributed by atoms with Crippen LogP contribution in [0.4, 0.5) is 13.2 Å². The fraction of sp³-hybridized carbons (Fsp3) is 0.333. The van der Waals surface area contributed by atoms with E-state index in [1.54, 1.807) is 0 Å². The van der Waals surface area contributed by atoms with Gasteiger partial charge in [-0.05, 0) is 5.92 Å².